The van der Waals surface area contributed by atoms with Crippen molar-refractivity contribution in [3.05, 3.63) is 53.4 Å². The maximum Gasteiger partial charge on any atom is 0.229 e. The fourth-order valence-corrected chi connectivity index (χ4v) is 4.18. The van der Waals surface area contributed by atoms with Crippen LogP contribution in [0.4, 0.5) is 5.13 Å². The van der Waals surface area contributed by atoms with Crippen LogP contribution in [0, 0.1) is 0 Å². The summed E-state index contributed by atoms with van der Waals surface area (Å²) >= 11 is 7.50. The van der Waals surface area contributed by atoms with Crippen LogP contribution in [-0.2, 0) is 11.2 Å². The molecule has 0 aliphatic heterocycles. The molecule has 0 bridgehead atoms. The summed E-state index contributed by atoms with van der Waals surface area (Å²) in [4.78, 5) is 23.4. The van der Waals surface area contributed by atoms with E-state index in [2.05, 4.69) is 15.1 Å². The number of thiazole rings is 1. The summed E-state index contributed by atoms with van der Waals surface area (Å²) in [6.07, 6.45) is 0.601. The van der Waals surface area contributed by atoms with E-state index in [-0.39, 0.29) is 12.3 Å². The first-order valence-electron chi connectivity index (χ1n) is 9.41. The molecule has 7 nitrogen and oxygen atoms in total. The van der Waals surface area contributed by atoms with Crippen LogP contribution in [0.5, 0.6) is 5.75 Å². The van der Waals surface area contributed by atoms with Crippen LogP contribution in [0.2, 0.25) is 5.02 Å². The Bertz CT molecular complexity index is 1170. The van der Waals surface area contributed by atoms with Crippen LogP contribution in [0.15, 0.2) is 47.0 Å². The van der Waals surface area contributed by atoms with Gasteiger partial charge in [-0.05, 0) is 49.4 Å². The third-order valence-electron chi connectivity index (χ3n) is 4.56. The van der Waals surface area contributed by atoms with Crippen molar-refractivity contribution in [1.82, 2.24) is 15.1 Å². The SMILES string of the molecule is CCN(C(=O)CCc1nc(-c2ccc(OC)cc2)no1)c1nc2cc(Cl)ccc2s1. The fraction of sp³-hybridized carbons (Fsp3) is 0.238. The molecule has 0 N–H and O–H groups in total. The number of benzene rings is 2. The Balaban J connectivity index is 1.43. The van der Waals surface area contributed by atoms with Gasteiger partial charge >= 0.3 is 0 Å². The Kier molecular flexibility index (Phi) is 5.96. The lowest BCUT2D eigenvalue weighted by Crippen LogP contribution is -2.30. The molecule has 0 saturated carbocycles. The Morgan fingerprint density at radius 1 is 1.20 bits per heavy atom. The number of aryl methyl sites for hydroxylation is 1. The summed E-state index contributed by atoms with van der Waals surface area (Å²) in [5.74, 6) is 1.61. The van der Waals surface area contributed by atoms with Gasteiger partial charge in [-0.15, -0.1) is 0 Å². The second kappa shape index (κ2) is 8.81. The van der Waals surface area contributed by atoms with Crippen LogP contribution in [0.3, 0.4) is 0 Å². The van der Waals surface area contributed by atoms with Crippen molar-refractivity contribution in [1.29, 1.82) is 0 Å². The van der Waals surface area contributed by atoms with E-state index in [1.807, 2.05) is 43.3 Å². The highest BCUT2D eigenvalue weighted by Crippen LogP contribution is 2.31. The van der Waals surface area contributed by atoms with E-state index in [4.69, 9.17) is 20.9 Å². The maximum absolute atomic E-state index is 12.8. The molecule has 2 aromatic heterocycles. The molecule has 0 unspecified atom stereocenters. The normalized spacial score (nSPS) is 11.0. The molecule has 1 amide bonds. The van der Waals surface area contributed by atoms with Crippen molar-refractivity contribution in [2.45, 2.75) is 19.8 Å². The molecule has 2 aromatic carbocycles. The zero-order valence-electron chi connectivity index (χ0n) is 16.5. The molecule has 0 fully saturated rings. The summed E-state index contributed by atoms with van der Waals surface area (Å²) in [7, 11) is 1.61. The van der Waals surface area contributed by atoms with E-state index in [1.54, 1.807) is 18.1 Å². The molecule has 4 aromatic rings. The summed E-state index contributed by atoms with van der Waals surface area (Å²) < 4.78 is 11.5. The van der Waals surface area contributed by atoms with Crippen LogP contribution in [-0.4, -0.2) is 34.7 Å². The lowest BCUT2D eigenvalue weighted by atomic mass is 10.2. The number of hydrogen-bond donors (Lipinski definition) is 0. The van der Waals surface area contributed by atoms with Gasteiger partial charge in [0.15, 0.2) is 5.13 Å². The topological polar surface area (TPSA) is 81.4 Å². The number of halogens is 1. The van der Waals surface area contributed by atoms with E-state index in [0.717, 1.165) is 21.5 Å². The molecule has 0 saturated heterocycles. The standard InChI is InChI=1S/C21H19ClN4O3S/c1-3-26(21-23-16-12-14(22)6-9-17(16)30-21)19(27)11-10-18-24-20(25-29-18)13-4-7-15(28-2)8-5-13/h4-9,12H,3,10-11H2,1-2H3. The van der Waals surface area contributed by atoms with Gasteiger partial charge < -0.3 is 9.26 Å². The van der Waals surface area contributed by atoms with Crippen molar-refractivity contribution in [2.24, 2.45) is 0 Å². The smallest absolute Gasteiger partial charge is 0.229 e. The van der Waals surface area contributed by atoms with Crippen molar-refractivity contribution < 1.29 is 14.1 Å². The minimum atomic E-state index is -0.0492. The average Bonchev–Trinajstić information content (AvgIpc) is 3.39. The molecule has 0 aliphatic carbocycles. The fourth-order valence-electron chi connectivity index (χ4n) is 2.98. The van der Waals surface area contributed by atoms with E-state index in [9.17, 15) is 4.79 Å². The van der Waals surface area contributed by atoms with Crippen molar-refractivity contribution in [3.8, 4) is 17.1 Å². The van der Waals surface area contributed by atoms with Crippen molar-refractivity contribution in [2.75, 3.05) is 18.6 Å². The van der Waals surface area contributed by atoms with Crippen molar-refractivity contribution in [3.63, 3.8) is 0 Å². The third-order valence-corrected chi connectivity index (χ3v) is 5.85. The van der Waals surface area contributed by atoms with Gasteiger partial charge in [0.25, 0.3) is 0 Å². The summed E-state index contributed by atoms with van der Waals surface area (Å²) in [5, 5.41) is 5.29. The molecule has 154 valence electrons. The van der Waals surface area contributed by atoms with E-state index >= 15 is 0 Å². The molecule has 0 radical (unpaired) electrons. The molecule has 2 heterocycles. The van der Waals surface area contributed by atoms with Gasteiger partial charge in [0.1, 0.15) is 5.75 Å². The number of anilines is 1. The quantitative estimate of drug-likeness (QED) is 0.401. The number of carbonyl (C=O) groups excluding carboxylic acids is 1. The number of amides is 1. The van der Waals surface area contributed by atoms with Gasteiger partial charge in [0, 0.05) is 30.0 Å². The first kappa shape index (κ1) is 20.3. The molecule has 0 atom stereocenters. The van der Waals surface area contributed by atoms with E-state index < -0.39 is 0 Å². The minimum Gasteiger partial charge on any atom is -0.497 e. The largest absolute Gasteiger partial charge is 0.497 e. The van der Waals surface area contributed by atoms with Crippen LogP contribution >= 0.6 is 22.9 Å². The number of fused-ring (bicyclic) bond motifs is 1. The number of ether oxygens (including phenoxy) is 1. The first-order chi connectivity index (χ1) is 14.6. The third kappa shape index (κ3) is 4.29. The number of methoxy groups -OCH3 is 1. The van der Waals surface area contributed by atoms with Gasteiger partial charge in [-0.2, -0.15) is 4.98 Å². The molecule has 4 rings (SSSR count). The molecular weight excluding hydrogens is 424 g/mol. The number of nitrogens with zero attached hydrogens (tertiary/aromatic N) is 4. The Labute approximate surface area is 182 Å². The molecule has 0 spiro atoms. The second-order valence-electron chi connectivity index (χ2n) is 6.49. The second-order valence-corrected chi connectivity index (χ2v) is 7.93. The lowest BCUT2D eigenvalue weighted by molar-refractivity contribution is -0.118. The molecule has 30 heavy (non-hydrogen) atoms. The highest BCUT2D eigenvalue weighted by Gasteiger charge is 2.19. The number of carbonyl (C=O) groups is 1. The number of hydrogen-bond acceptors (Lipinski definition) is 7. The monoisotopic (exact) mass is 442 g/mol. The molecule has 9 heteroatoms. The highest BCUT2D eigenvalue weighted by molar-refractivity contribution is 7.22. The predicted molar refractivity (Wildman–Crippen MR) is 117 cm³/mol. The zero-order chi connectivity index (χ0) is 21.1. The number of aromatic nitrogens is 3. The number of rotatable bonds is 7. The van der Waals surface area contributed by atoms with Gasteiger partial charge in [-0.1, -0.05) is 28.1 Å². The summed E-state index contributed by atoms with van der Waals surface area (Å²) in [6, 6.07) is 12.9. The van der Waals surface area contributed by atoms with Crippen molar-refractivity contribution >= 4 is 44.2 Å². The molecular formula is C21H19ClN4O3S. The summed E-state index contributed by atoms with van der Waals surface area (Å²) in [5.41, 5.74) is 1.61. The minimum absolute atomic E-state index is 0.0492. The van der Waals surface area contributed by atoms with Gasteiger partial charge in [0.05, 0.1) is 17.3 Å². The van der Waals surface area contributed by atoms with Gasteiger partial charge in [-0.25, -0.2) is 4.98 Å². The van der Waals surface area contributed by atoms with Gasteiger partial charge in [-0.3, -0.25) is 9.69 Å². The summed E-state index contributed by atoms with van der Waals surface area (Å²) in [6.45, 7) is 2.44. The Morgan fingerprint density at radius 3 is 2.73 bits per heavy atom. The van der Waals surface area contributed by atoms with Crippen LogP contribution in [0.1, 0.15) is 19.2 Å². The Morgan fingerprint density at radius 2 is 2.00 bits per heavy atom. The highest BCUT2D eigenvalue weighted by atomic mass is 35.5. The predicted octanol–water partition coefficient (Wildman–Crippen LogP) is 4.99. The van der Waals surface area contributed by atoms with Gasteiger partial charge in [0.2, 0.25) is 17.6 Å². The van der Waals surface area contributed by atoms with Crippen LogP contribution in [0.25, 0.3) is 21.6 Å². The zero-order valence-corrected chi connectivity index (χ0v) is 18.0. The first-order valence-corrected chi connectivity index (χ1v) is 10.6. The average molecular weight is 443 g/mol. The van der Waals surface area contributed by atoms with E-state index in [0.29, 0.717) is 34.8 Å². The molecule has 0 aliphatic rings. The van der Waals surface area contributed by atoms with E-state index in [1.165, 1.54) is 11.3 Å². The lowest BCUT2D eigenvalue weighted by Gasteiger charge is -2.16. The maximum atomic E-state index is 12.8. The van der Waals surface area contributed by atoms with Crippen LogP contribution < -0.4 is 9.64 Å². The Hall–Kier alpha value is -2.97.